The van der Waals surface area contributed by atoms with E-state index in [1.54, 1.807) is 0 Å². The molecule has 4 rings (SSSR count). The molecule has 0 bridgehead atoms. The molecule has 162 valence electrons. The average Bonchev–Trinajstić information content (AvgIpc) is 3.10. The molecule has 0 saturated carbocycles. The summed E-state index contributed by atoms with van der Waals surface area (Å²) in [6.45, 7) is 2.37. The van der Waals surface area contributed by atoms with Gasteiger partial charge in [0, 0.05) is 9.50 Å². The highest BCUT2D eigenvalue weighted by Gasteiger charge is 2.24. The van der Waals surface area contributed by atoms with Crippen LogP contribution < -0.4 is 10.1 Å². The molecule has 4 nitrogen and oxygen atoms in total. The van der Waals surface area contributed by atoms with Gasteiger partial charge in [-0.25, -0.2) is 4.99 Å². The molecule has 0 spiro atoms. The summed E-state index contributed by atoms with van der Waals surface area (Å²) in [5, 5.41) is 3.98. The van der Waals surface area contributed by atoms with Crippen LogP contribution in [0.15, 0.2) is 79.5 Å². The lowest BCUT2D eigenvalue weighted by Gasteiger charge is -2.09. The number of nitrogens with one attached hydrogen (secondary N) is 1. The molecule has 1 saturated heterocycles. The van der Waals surface area contributed by atoms with Crippen molar-refractivity contribution >= 4 is 78.1 Å². The van der Waals surface area contributed by atoms with Crippen LogP contribution in [0.2, 0.25) is 5.02 Å². The molecule has 0 aliphatic carbocycles. The zero-order valence-electron chi connectivity index (χ0n) is 16.9. The van der Waals surface area contributed by atoms with Crippen molar-refractivity contribution in [3.8, 4) is 5.75 Å². The number of nitrogens with zero attached hydrogens (tertiary/aromatic N) is 1. The number of hydrogen-bond acceptors (Lipinski definition) is 4. The molecule has 1 aliphatic rings. The monoisotopic (exact) mass is 590 g/mol. The number of aliphatic imine (C=N–C) groups is 1. The largest absolute Gasteiger partial charge is 0.488 e. The molecule has 1 fully saturated rings. The second-order valence-corrected chi connectivity index (χ2v) is 10.2. The number of amidine groups is 1. The second-order valence-electron chi connectivity index (χ2n) is 6.97. The Morgan fingerprint density at radius 3 is 2.66 bits per heavy atom. The van der Waals surface area contributed by atoms with Gasteiger partial charge < -0.3 is 10.1 Å². The van der Waals surface area contributed by atoms with E-state index in [9.17, 15) is 4.79 Å². The average molecular weight is 593 g/mol. The number of thioether (sulfide) groups is 1. The van der Waals surface area contributed by atoms with Crippen LogP contribution >= 0.6 is 55.2 Å². The van der Waals surface area contributed by atoms with Gasteiger partial charge in [-0.15, -0.1) is 0 Å². The van der Waals surface area contributed by atoms with E-state index in [0.29, 0.717) is 21.7 Å². The first-order valence-electron chi connectivity index (χ1n) is 9.60. The van der Waals surface area contributed by atoms with Crippen LogP contribution in [0, 0.1) is 6.92 Å². The molecule has 0 atom stereocenters. The number of halogens is 3. The Bertz CT molecular complexity index is 1240. The van der Waals surface area contributed by atoms with Crippen molar-refractivity contribution in [1.82, 2.24) is 5.32 Å². The molecule has 0 radical (unpaired) electrons. The SMILES string of the molecule is Cc1c(Cl)cccc1N=C1NC(=O)/C(=C/c2ccc(OCc3ccc(Br)cc3)c(Br)c2)S1. The van der Waals surface area contributed by atoms with Crippen molar-refractivity contribution in [2.24, 2.45) is 4.99 Å². The molecule has 3 aromatic rings. The maximum absolute atomic E-state index is 12.4. The molecule has 8 heteroatoms. The fourth-order valence-corrected chi connectivity index (χ4v) is 4.70. The summed E-state index contributed by atoms with van der Waals surface area (Å²) in [4.78, 5) is 17.5. The second kappa shape index (κ2) is 10.3. The molecule has 1 heterocycles. The molecule has 1 amide bonds. The first-order valence-corrected chi connectivity index (χ1v) is 12.4. The Balaban J connectivity index is 1.47. The maximum Gasteiger partial charge on any atom is 0.264 e. The summed E-state index contributed by atoms with van der Waals surface area (Å²) in [5.41, 5.74) is 3.56. The highest BCUT2D eigenvalue weighted by molar-refractivity contribution is 9.10. The van der Waals surface area contributed by atoms with Crippen LogP contribution in [0.5, 0.6) is 5.75 Å². The lowest BCUT2D eigenvalue weighted by Crippen LogP contribution is -2.19. The number of carbonyl (C=O) groups is 1. The fraction of sp³-hybridized carbons (Fsp3) is 0.0833. The third-order valence-corrected chi connectivity index (χ3v) is 7.14. The van der Waals surface area contributed by atoms with Crippen LogP contribution in [-0.2, 0) is 11.4 Å². The van der Waals surface area contributed by atoms with Crippen LogP contribution in [0.25, 0.3) is 6.08 Å². The van der Waals surface area contributed by atoms with E-state index in [2.05, 4.69) is 42.2 Å². The highest BCUT2D eigenvalue weighted by atomic mass is 79.9. The molecule has 32 heavy (non-hydrogen) atoms. The predicted molar refractivity (Wildman–Crippen MR) is 140 cm³/mol. The molecule has 0 aromatic heterocycles. The zero-order chi connectivity index (χ0) is 22.7. The van der Waals surface area contributed by atoms with Gasteiger partial charge in [0.2, 0.25) is 0 Å². The van der Waals surface area contributed by atoms with Crippen molar-refractivity contribution in [1.29, 1.82) is 0 Å². The lowest BCUT2D eigenvalue weighted by molar-refractivity contribution is -0.115. The number of hydrogen-bond donors (Lipinski definition) is 1. The predicted octanol–water partition coefficient (Wildman–Crippen LogP) is 7.64. The van der Waals surface area contributed by atoms with E-state index in [4.69, 9.17) is 16.3 Å². The number of ether oxygens (including phenoxy) is 1. The van der Waals surface area contributed by atoms with Crippen LogP contribution in [0.3, 0.4) is 0 Å². The van der Waals surface area contributed by atoms with Gasteiger partial charge >= 0.3 is 0 Å². The third-order valence-electron chi connectivity index (χ3n) is 4.67. The summed E-state index contributed by atoms with van der Waals surface area (Å²) in [7, 11) is 0. The highest BCUT2D eigenvalue weighted by Crippen LogP contribution is 2.33. The molecule has 1 aliphatic heterocycles. The Kier molecular flexibility index (Phi) is 7.40. The van der Waals surface area contributed by atoms with Crippen molar-refractivity contribution in [3.63, 3.8) is 0 Å². The summed E-state index contributed by atoms with van der Waals surface area (Å²) < 4.78 is 7.76. The first kappa shape index (κ1) is 23.1. The topological polar surface area (TPSA) is 50.7 Å². The van der Waals surface area contributed by atoms with Gasteiger partial charge in [-0.1, -0.05) is 51.8 Å². The van der Waals surface area contributed by atoms with E-state index in [-0.39, 0.29) is 5.91 Å². The smallest absolute Gasteiger partial charge is 0.264 e. The Labute approximate surface area is 212 Å². The minimum Gasteiger partial charge on any atom is -0.488 e. The van der Waals surface area contributed by atoms with Gasteiger partial charge in [-0.2, -0.15) is 0 Å². The molecular weight excluding hydrogens is 576 g/mol. The number of carbonyl (C=O) groups excluding carboxylic acids is 1. The van der Waals surface area contributed by atoms with Gasteiger partial charge in [0.1, 0.15) is 12.4 Å². The van der Waals surface area contributed by atoms with Crippen LogP contribution in [-0.4, -0.2) is 11.1 Å². The first-order chi connectivity index (χ1) is 15.4. The van der Waals surface area contributed by atoms with Crippen molar-refractivity contribution in [3.05, 3.63) is 96.2 Å². The van der Waals surface area contributed by atoms with Crippen molar-refractivity contribution in [2.45, 2.75) is 13.5 Å². The van der Waals surface area contributed by atoms with Crippen molar-refractivity contribution in [2.75, 3.05) is 0 Å². The standard InChI is InChI=1S/C24H17Br2ClN2O2S/c1-14-19(27)3-2-4-20(14)28-24-29-23(30)22(32-24)12-16-7-10-21(18(26)11-16)31-13-15-5-8-17(25)9-6-15/h2-12H,13H2,1H3,(H,28,29,30)/b22-12-. The molecular formula is C24H17Br2ClN2O2S. The number of benzene rings is 3. The molecule has 0 unspecified atom stereocenters. The van der Waals surface area contributed by atoms with Gasteiger partial charge in [-0.3, -0.25) is 4.79 Å². The normalized spacial score (nSPS) is 15.9. The van der Waals surface area contributed by atoms with Crippen LogP contribution in [0.4, 0.5) is 5.69 Å². The Morgan fingerprint density at radius 1 is 1.12 bits per heavy atom. The van der Waals surface area contributed by atoms with Gasteiger partial charge in [-0.05, 0) is 93.8 Å². The van der Waals surface area contributed by atoms with E-state index in [0.717, 1.165) is 37.1 Å². The third kappa shape index (κ3) is 5.64. The summed E-state index contributed by atoms with van der Waals surface area (Å²) >= 11 is 14.5. The van der Waals surface area contributed by atoms with Gasteiger partial charge in [0.25, 0.3) is 5.91 Å². The fourth-order valence-electron chi connectivity index (χ4n) is 2.92. The van der Waals surface area contributed by atoms with E-state index in [1.165, 1.54) is 11.8 Å². The zero-order valence-corrected chi connectivity index (χ0v) is 21.6. The molecule has 1 N–H and O–H groups in total. The van der Waals surface area contributed by atoms with E-state index < -0.39 is 0 Å². The quantitative estimate of drug-likeness (QED) is 0.310. The number of rotatable bonds is 5. The van der Waals surface area contributed by atoms with Gasteiger partial charge in [0.05, 0.1) is 15.1 Å². The Morgan fingerprint density at radius 2 is 1.91 bits per heavy atom. The van der Waals surface area contributed by atoms with Crippen molar-refractivity contribution < 1.29 is 9.53 Å². The van der Waals surface area contributed by atoms with E-state index in [1.807, 2.05) is 73.7 Å². The summed E-state index contributed by atoms with van der Waals surface area (Å²) in [5.74, 6) is 0.553. The summed E-state index contributed by atoms with van der Waals surface area (Å²) in [6, 6.07) is 19.2. The lowest BCUT2D eigenvalue weighted by atomic mass is 10.2. The number of amides is 1. The minimum atomic E-state index is -0.180. The van der Waals surface area contributed by atoms with E-state index >= 15 is 0 Å². The maximum atomic E-state index is 12.4. The molecule has 3 aromatic carbocycles. The van der Waals surface area contributed by atoms with Crippen LogP contribution in [0.1, 0.15) is 16.7 Å². The summed E-state index contributed by atoms with van der Waals surface area (Å²) in [6.07, 6.45) is 1.83. The minimum absolute atomic E-state index is 0.180. The Hall–Kier alpha value is -2.06. The van der Waals surface area contributed by atoms with Gasteiger partial charge in [0.15, 0.2) is 5.17 Å².